The normalized spacial score (nSPS) is 12.9. The van der Waals surface area contributed by atoms with Crippen molar-refractivity contribution in [2.75, 3.05) is 24.2 Å². The van der Waals surface area contributed by atoms with Crippen molar-refractivity contribution in [3.05, 3.63) is 54.1 Å². The minimum absolute atomic E-state index is 0.179. The van der Waals surface area contributed by atoms with Crippen molar-refractivity contribution in [3.8, 4) is 11.5 Å². The zero-order valence-corrected chi connectivity index (χ0v) is 16.3. The molecule has 0 unspecified atom stereocenters. The number of nitrogens with zero attached hydrogens (tertiary/aromatic N) is 1. The first-order valence-electron chi connectivity index (χ1n) is 8.18. The number of carbonyl (C=O) groups excluding carboxylic acids is 1. The minimum atomic E-state index is -4.44. The Morgan fingerprint density at radius 1 is 1.07 bits per heavy atom. The molecule has 0 aromatic heterocycles. The van der Waals surface area contributed by atoms with Crippen LogP contribution in [0.1, 0.15) is 5.56 Å². The van der Waals surface area contributed by atoms with Gasteiger partial charge in [-0.25, -0.2) is 8.42 Å². The first-order valence-corrected chi connectivity index (χ1v) is 10.0. The fourth-order valence-corrected chi connectivity index (χ4v) is 3.30. The molecule has 1 atom stereocenters. The summed E-state index contributed by atoms with van der Waals surface area (Å²) in [6, 6.07) is 8.67. The lowest BCUT2D eigenvalue weighted by atomic mass is 10.2. The molecular formula is C18H19F3N2O5S. The zero-order chi connectivity index (χ0) is 21.8. The van der Waals surface area contributed by atoms with Crippen LogP contribution in [0.4, 0.5) is 18.9 Å². The fourth-order valence-electron chi connectivity index (χ4n) is 2.37. The van der Waals surface area contributed by atoms with E-state index in [0.717, 1.165) is 29.8 Å². The largest absolute Gasteiger partial charge is 0.468 e. The van der Waals surface area contributed by atoms with E-state index in [4.69, 9.17) is 10.5 Å². The van der Waals surface area contributed by atoms with Crippen LogP contribution in [0.5, 0.6) is 11.5 Å². The molecule has 0 radical (unpaired) electrons. The molecule has 0 heterocycles. The van der Waals surface area contributed by atoms with Gasteiger partial charge in [-0.1, -0.05) is 0 Å². The van der Waals surface area contributed by atoms with Crippen LogP contribution >= 0.6 is 0 Å². The van der Waals surface area contributed by atoms with Crippen molar-refractivity contribution in [2.45, 2.75) is 12.2 Å². The van der Waals surface area contributed by atoms with E-state index in [1.807, 2.05) is 0 Å². The van der Waals surface area contributed by atoms with Crippen molar-refractivity contribution < 1.29 is 35.9 Å². The van der Waals surface area contributed by atoms with Gasteiger partial charge in [0.2, 0.25) is 10.0 Å². The average molecular weight is 432 g/mol. The van der Waals surface area contributed by atoms with Crippen LogP contribution in [0, 0.1) is 0 Å². The summed E-state index contributed by atoms with van der Waals surface area (Å²) < 4.78 is 72.8. The molecule has 2 aromatic carbocycles. The van der Waals surface area contributed by atoms with Crippen molar-refractivity contribution >= 4 is 21.7 Å². The number of esters is 1. The number of rotatable bonds is 7. The first kappa shape index (κ1) is 22.5. The van der Waals surface area contributed by atoms with Crippen LogP contribution in [-0.4, -0.2) is 40.3 Å². The number of halogens is 3. The summed E-state index contributed by atoms with van der Waals surface area (Å²) >= 11 is 0. The summed E-state index contributed by atoms with van der Waals surface area (Å²) in [6.07, 6.45) is -3.48. The Kier molecular flexibility index (Phi) is 6.75. The van der Waals surface area contributed by atoms with E-state index in [-0.39, 0.29) is 23.7 Å². The molecule has 0 saturated carbocycles. The lowest BCUT2D eigenvalue weighted by Gasteiger charge is -2.24. The molecular weight excluding hydrogens is 413 g/mol. The minimum Gasteiger partial charge on any atom is -0.468 e. The number of anilines is 1. The molecule has 0 fully saturated rings. The summed E-state index contributed by atoms with van der Waals surface area (Å²) in [6.45, 7) is -0.329. The molecule has 0 aliphatic carbocycles. The quantitative estimate of drug-likeness (QED) is 0.676. The molecule has 2 rings (SSSR count). The van der Waals surface area contributed by atoms with Gasteiger partial charge in [0.25, 0.3) is 0 Å². The highest BCUT2D eigenvalue weighted by atomic mass is 32.2. The predicted molar refractivity (Wildman–Crippen MR) is 100 cm³/mol. The molecule has 29 heavy (non-hydrogen) atoms. The Morgan fingerprint density at radius 2 is 1.55 bits per heavy atom. The number of sulfonamides is 1. The van der Waals surface area contributed by atoms with E-state index in [0.29, 0.717) is 0 Å². The summed E-state index contributed by atoms with van der Waals surface area (Å²) in [5, 5.41) is 0. The molecule has 0 spiro atoms. The Bertz CT molecular complexity index is 945. The highest BCUT2D eigenvalue weighted by Gasteiger charge is 2.30. The third kappa shape index (κ3) is 6.09. The monoisotopic (exact) mass is 432 g/mol. The van der Waals surface area contributed by atoms with E-state index in [1.54, 1.807) is 0 Å². The first-order chi connectivity index (χ1) is 13.4. The topological polar surface area (TPSA) is 98.9 Å². The summed E-state index contributed by atoms with van der Waals surface area (Å²) in [4.78, 5) is 11.5. The second-order valence-corrected chi connectivity index (χ2v) is 7.95. The number of benzene rings is 2. The van der Waals surface area contributed by atoms with E-state index < -0.39 is 33.8 Å². The van der Waals surface area contributed by atoms with Crippen molar-refractivity contribution in [2.24, 2.45) is 5.73 Å². The van der Waals surface area contributed by atoms with Gasteiger partial charge in [0, 0.05) is 0 Å². The maximum Gasteiger partial charge on any atom is 0.416 e. The van der Waals surface area contributed by atoms with Gasteiger partial charge >= 0.3 is 12.1 Å². The second kappa shape index (κ2) is 8.70. The Balaban J connectivity index is 2.17. The van der Waals surface area contributed by atoms with Crippen LogP contribution < -0.4 is 14.8 Å². The zero-order valence-electron chi connectivity index (χ0n) is 15.5. The van der Waals surface area contributed by atoms with Gasteiger partial charge in [0.15, 0.2) is 0 Å². The number of alkyl halides is 3. The maximum atomic E-state index is 12.6. The Labute approximate surface area is 165 Å². The van der Waals surface area contributed by atoms with Crippen molar-refractivity contribution in [1.82, 2.24) is 0 Å². The highest BCUT2D eigenvalue weighted by Crippen LogP contribution is 2.32. The number of ether oxygens (including phenoxy) is 2. The highest BCUT2D eigenvalue weighted by molar-refractivity contribution is 7.92. The van der Waals surface area contributed by atoms with Crippen LogP contribution in [0.25, 0.3) is 0 Å². The molecule has 158 valence electrons. The van der Waals surface area contributed by atoms with Crippen molar-refractivity contribution in [3.63, 3.8) is 0 Å². The third-order valence-electron chi connectivity index (χ3n) is 3.81. The van der Waals surface area contributed by atoms with Gasteiger partial charge in [-0.2, -0.15) is 13.2 Å². The number of hydrogen-bond donors (Lipinski definition) is 1. The van der Waals surface area contributed by atoms with Crippen LogP contribution in [0.15, 0.2) is 48.5 Å². The van der Waals surface area contributed by atoms with Gasteiger partial charge in [-0.15, -0.1) is 0 Å². The van der Waals surface area contributed by atoms with Gasteiger partial charge in [0.05, 0.1) is 31.2 Å². The second-order valence-electron chi connectivity index (χ2n) is 6.04. The predicted octanol–water partition coefficient (Wildman–Crippen LogP) is 2.76. The maximum absolute atomic E-state index is 12.6. The van der Waals surface area contributed by atoms with Gasteiger partial charge in [-0.05, 0) is 48.5 Å². The molecule has 2 aromatic rings. The average Bonchev–Trinajstić information content (AvgIpc) is 2.65. The molecule has 0 bridgehead atoms. The summed E-state index contributed by atoms with van der Waals surface area (Å²) in [7, 11) is -2.61. The Morgan fingerprint density at radius 3 is 1.97 bits per heavy atom. The summed E-state index contributed by atoms with van der Waals surface area (Å²) in [5.41, 5.74) is 5.08. The van der Waals surface area contributed by atoms with E-state index >= 15 is 0 Å². The van der Waals surface area contributed by atoms with Crippen LogP contribution in [0.3, 0.4) is 0 Å². The van der Waals surface area contributed by atoms with Gasteiger partial charge in [-0.3, -0.25) is 9.10 Å². The Hall–Kier alpha value is -2.79. The standard InChI is InChI=1S/C18H19F3N2O5S/c1-27-17(24)16(22)11-23(29(2,25)26)13-5-9-15(10-6-13)28-14-7-3-12(4-8-14)18(19,20)21/h3-10,16H,11,22H2,1-2H3/t16-/m0/s1. The lowest BCUT2D eigenvalue weighted by molar-refractivity contribution is -0.142. The number of carbonyl (C=O) groups is 1. The van der Waals surface area contributed by atoms with Crippen LogP contribution in [0.2, 0.25) is 0 Å². The van der Waals surface area contributed by atoms with E-state index in [1.165, 1.54) is 36.4 Å². The molecule has 0 amide bonds. The fraction of sp³-hybridized carbons (Fsp3) is 0.278. The van der Waals surface area contributed by atoms with E-state index in [9.17, 15) is 26.4 Å². The molecule has 0 saturated heterocycles. The van der Waals surface area contributed by atoms with Crippen LogP contribution in [-0.2, 0) is 25.7 Å². The number of methoxy groups -OCH3 is 1. The molecule has 7 nitrogen and oxygen atoms in total. The smallest absolute Gasteiger partial charge is 0.416 e. The number of hydrogen-bond acceptors (Lipinski definition) is 6. The SMILES string of the molecule is COC(=O)[C@@H](N)CN(c1ccc(Oc2ccc(C(F)(F)F)cc2)cc1)S(C)(=O)=O. The van der Waals surface area contributed by atoms with E-state index in [2.05, 4.69) is 4.74 Å². The molecule has 11 heteroatoms. The summed E-state index contributed by atoms with van der Waals surface area (Å²) in [5.74, 6) is -0.307. The van der Waals surface area contributed by atoms with Gasteiger partial charge in [0.1, 0.15) is 17.5 Å². The van der Waals surface area contributed by atoms with Crippen molar-refractivity contribution in [1.29, 1.82) is 0 Å². The van der Waals surface area contributed by atoms with Gasteiger partial charge < -0.3 is 15.2 Å². The molecule has 0 aliphatic rings. The number of nitrogens with two attached hydrogens (primary N) is 1. The lowest BCUT2D eigenvalue weighted by Crippen LogP contribution is -2.45. The molecule has 0 aliphatic heterocycles. The molecule has 2 N–H and O–H groups in total. The third-order valence-corrected chi connectivity index (χ3v) is 4.97.